The summed E-state index contributed by atoms with van der Waals surface area (Å²) in [6.45, 7) is 3.62. The number of likely N-dealkylation sites (tertiary alicyclic amines) is 1. The van der Waals surface area contributed by atoms with E-state index in [1.165, 1.54) is 11.1 Å². The Labute approximate surface area is 124 Å². The van der Waals surface area contributed by atoms with Crippen LogP contribution in [0.3, 0.4) is 0 Å². The van der Waals surface area contributed by atoms with Crippen molar-refractivity contribution in [3.8, 4) is 0 Å². The summed E-state index contributed by atoms with van der Waals surface area (Å²) in [5.74, 6) is 0.230. The maximum atomic E-state index is 12.3. The third-order valence-electron chi connectivity index (χ3n) is 4.15. The van der Waals surface area contributed by atoms with Crippen LogP contribution in [0.4, 0.5) is 0 Å². The smallest absolute Gasteiger partial charge is 0.222 e. The van der Waals surface area contributed by atoms with Gasteiger partial charge in [-0.15, -0.1) is 0 Å². The van der Waals surface area contributed by atoms with Crippen LogP contribution >= 0.6 is 0 Å². The van der Waals surface area contributed by atoms with E-state index in [4.69, 9.17) is 0 Å². The molecule has 0 unspecified atom stereocenters. The first-order valence-corrected chi connectivity index (χ1v) is 7.42. The molecule has 0 N–H and O–H groups in total. The SMILES string of the molecule is Cc1ccccc1CCC(=O)N1CC[C@@H](n2nccn2)C1. The molecule has 110 valence electrons. The Morgan fingerprint density at radius 1 is 1.29 bits per heavy atom. The topological polar surface area (TPSA) is 51.0 Å². The number of carbonyl (C=O) groups is 1. The molecule has 2 heterocycles. The first-order valence-electron chi connectivity index (χ1n) is 7.42. The van der Waals surface area contributed by atoms with Gasteiger partial charge in [-0.25, -0.2) is 0 Å². The number of nitrogens with zero attached hydrogens (tertiary/aromatic N) is 4. The second kappa shape index (κ2) is 6.08. The summed E-state index contributed by atoms with van der Waals surface area (Å²) >= 11 is 0. The van der Waals surface area contributed by atoms with E-state index in [9.17, 15) is 4.79 Å². The third kappa shape index (κ3) is 3.12. The van der Waals surface area contributed by atoms with Gasteiger partial charge in [-0.05, 0) is 30.9 Å². The highest BCUT2D eigenvalue weighted by Crippen LogP contribution is 2.21. The first-order chi connectivity index (χ1) is 10.2. The van der Waals surface area contributed by atoms with Crippen LogP contribution in [0.5, 0.6) is 0 Å². The Morgan fingerprint density at radius 3 is 2.81 bits per heavy atom. The molecule has 1 fully saturated rings. The molecule has 3 rings (SSSR count). The highest BCUT2D eigenvalue weighted by Gasteiger charge is 2.27. The fourth-order valence-corrected chi connectivity index (χ4v) is 2.86. The molecule has 5 nitrogen and oxygen atoms in total. The summed E-state index contributed by atoms with van der Waals surface area (Å²) in [7, 11) is 0. The number of aromatic nitrogens is 3. The molecular formula is C16H20N4O. The fraction of sp³-hybridized carbons (Fsp3) is 0.438. The Morgan fingerprint density at radius 2 is 2.05 bits per heavy atom. The molecular weight excluding hydrogens is 264 g/mol. The molecule has 0 radical (unpaired) electrons. The van der Waals surface area contributed by atoms with Gasteiger partial charge in [0.15, 0.2) is 0 Å². The molecule has 1 aromatic carbocycles. The molecule has 0 aliphatic carbocycles. The third-order valence-corrected chi connectivity index (χ3v) is 4.15. The molecule has 2 aromatic rings. The van der Waals surface area contributed by atoms with Gasteiger partial charge < -0.3 is 4.90 Å². The first kappa shape index (κ1) is 13.8. The molecule has 1 aliphatic rings. The van der Waals surface area contributed by atoms with Gasteiger partial charge in [-0.3, -0.25) is 4.79 Å². The predicted molar refractivity (Wildman–Crippen MR) is 79.8 cm³/mol. The fourth-order valence-electron chi connectivity index (χ4n) is 2.86. The number of carbonyl (C=O) groups excluding carboxylic acids is 1. The molecule has 0 spiro atoms. The Balaban J connectivity index is 1.54. The summed E-state index contributed by atoms with van der Waals surface area (Å²) in [6, 6.07) is 8.48. The van der Waals surface area contributed by atoms with Gasteiger partial charge in [0, 0.05) is 19.5 Å². The van der Waals surface area contributed by atoms with Gasteiger partial charge in [-0.2, -0.15) is 15.0 Å². The van der Waals surface area contributed by atoms with Gasteiger partial charge in [0.2, 0.25) is 5.91 Å². The van der Waals surface area contributed by atoms with Crippen molar-refractivity contribution in [3.63, 3.8) is 0 Å². The van der Waals surface area contributed by atoms with Crippen LogP contribution in [0.25, 0.3) is 0 Å². The lowest BCUT2D eigenvalue weighted by Gasteiger charge is -2.16. The van der Waals surface area contributed by atoms with E-state index in [0.717, 1.165) is 25.9 Å². The van der Waals surface area contributed by atoms with Crippen molar-refractivity contribution in [2.75, 3.05) is 13.1 Å². The number of hydrogen-bond acceptors (Lipinski definition) is 3. The van der Waals surface area contributed by atoms with Gasteiger partial charge in [0.05, 0.1) is 18.4 Å². The summed E-state index contributed by atoms with van der Waals surface area (Å²) in [6.07, 6.45) is 5.69. The van der Waals surface area contributed by atoms with Crippen molar-refractivity contribution in [3.05, 3.63) is 47.8 Å². The van der Waals surface area contributed by atoms with Crippen LogP contribution < -0.4 is 0 Å². The summed E-state index contributed by atoms with van der Waals surface area (Å²) in [4.78, 5) is 16.0. The van der Waals surface area contributed by atoms with Gasteiger partial charge in [0.25, 0.3) is 0 Å². The second-order valence-corrected chi connectivity index (χ2v) is 5.56. The molecule has 1 aromatic heterocycles. The van der Waals surface area contributed by atoms with E-state index in [0.29, 0.717) is 6.42 Å². The van der Waals surface area contributed by atoms with E-state index in [1.807, 2.05) is 17.0 Å². The standard InChI is InChI=1S/C16H20N4O/c1-13-4-2-3-5-14(13)6-7-16(21)19-11-8-15(12-19)20-17-9-10-18-20/h2-5,9-10,15H,6-8,11-12H2,1H3/t15-/m1/s1. The largest absolute Gasteiger partial charge is 0.340 e. The number of aryl methyl sites for hydroxylation is 2. The summed E-state index contributed by atoms with van der Waals surface area (Å²) in [5.41, 5.74) is 2.51. The molecule has 21 heavy (non-hydrogen) atoms. The molecule has 0 saturated carbocycles. The van der Waals surface area contributed by atoms with Gasteiger partial charge in [-0.1, -0.05) is 24.3 Å². The number of rotatable bonds is 4. The van der Waals surface area contributed by atoms with Crippen LogP contribution in [-0.4, -0.2) is 38.9 Å². The number of benzene rings is 1. The number of hydrogen-bond donors (Lipinski definition) is 0. The normalized spacial score (nSPS) is 18.1. The van der Waals surface area contributed by atoms with E-state index in [-0.39, 0.29) is 11.9 Å². The van der Waals surface area contributed by atoms with Crippen molar-refractivity contribution in [2.24, 2.45) is 0 Å². The van der Waals surface area contributed by atoms with Crippen LogP contribution in [0.2, 0.25) is 0 Å². The molecule has 5 heteroatoms. The highest BCUT2D eigenvalue weighted by molar-refractivity contribution is 5.76. The summed E-state index contributed by atoms with van der Waals surface area (Å²) < 4.78 is 0. The molecule has 1 saturated heterocycles. The Kier molecular flexibility index (Phi) is 3.99. The molecule has 0 bridgehead atoms. The zero-order valence-corrected chi connectivity index (χ0v) is 12.3. The predicted octanol–water partition coefficient (Wildman–Crippen LogP) is 1.99. The average molecular weight is 284 g/mol. The second-order valence-electron chi connectivity index (χ2n) is 5.56. The molecule has 1 aliphatic heterocycles. The van der Waals surface area contributed by atoms with Crippen molar-refractivity contribution >= 4 is 5.91 Å². The number of amides is 1. The van der Waals surface area contributed by atoms with Crippen molar-refractivity contribution in [1.29, 1.82) is 0 Å². The van der Waals surface area contributed by atoms with Crippen molar-refractivity contribution in [1.82, 2.24) is 19.9 Å². The maximum absolute atomic E-state index is 12.3. The minimum atomic E-state index is 0.224. The van der Waals surface area contributed by atoms with E-state index >= 15 is 0 Å². The molecule has 1 amide bonds. The van der Waals surface area contributed by atoms with E-state index in [1.54, 1.807) is 17.2 Å². The lowest BCUT2D eigenvalue weighted by atomic mass is 10.0. The minimum Gasteiger partial charge on any atom is -0.340 e. The van der Waals surface area contributed by atoms with Gasteiger partial charge >= 0.3 is 0 Å². The van der Waals surface area contributed by atoms with Crippen molar-refractivity contribution < 1.29 is 4.79 Å². The zero-order chi connectivity index (χ0) is 14.7. The van der Waals surface area contributed by atoms with E-state index in [2.05, 4.69) is 29.3 Å². The van der Waals surface area contributed by atoms with Crippen LogP contribution in [0.1, 0.15) is 30.0 Å². The average Bonchev–Trinajstić information content (AvgIpc) is 3.16. The molecule has 1 atom stereocenters. The van der Waals surface area contributed by atoms with Crippen LogP contribution in [0, 0.1) is 6.92 Å². The summed E-state index contributed by atoms with van der Waals surface area (Å²) in [5, 5.41) is 8.33. The monoisotopic (exact) mass is 284 g/mol. The lowest BCUT2D eigenvalue weighted by Crippen LogP contribution is -2.29. The Hall–Kier alpha value is -2.17. The van der Waals surface area contributed by atoms with Crippen LogP contribution in [-0.2, 0) is 11.2 Å². The van der Waals surface area contributed by atoms with Crippen molar-refractivity contribution in [2.45, 2.75) is 32.2 Å². The van der Waals surface area contributed by atoms with Crippen LogP contribution in [0.15, 0.2) is 36.7 Å². The minimum absolute atomic E-state index is 0.224. The lowest BCUT2D eigenvalue weighted by molar-refractivity contribution is -0.130. The van der Waals surface area contributed by atoms with Gasteiger partial charge in [0.1, 0.15) is 0 Å². The highest BCUT2D eigenvalue weighted by atomic mass is 16.2. The Bertz CT molecular complexity index is 608. The zero-order valence-electron chi connectivity index (χ0n) is 12.3. The van der Waals surface area contributed by atoms with E-state index < -0.39 is 0 Å². The quantitative estimate of drug-likeness (QED) is 0.863. The maximum Gasteiger partial charge on any atom is 0.222 e.